The van der Waals surface area contributed by atoms with Gasteiger partial charge in [-0.1, -0.05) is 0 Å². The van der Waals surface area contributed by atoms with Crippen LogP contribution in [0.3, 0.4) is 0 Å². The molecule has 1 aromatic rings. The maximum Gasteiger partial charge on any atom is 0.253 e. The number of amides is 1. The number of benzene rings is 1. The van der Waals surface area contributed by atoms with Gasteiger partial charge in [-0.15, -0.1) is 24.8 Å². The number of hydrogen-bond acceptors (Lipinski definition) is 3. The summed E-state index contributed by atoms with van der Waals surface area (Å²) in [4.78, 5) is 17.2. The van der Waals surface area contributed by atoms with Crippen LogP contribution in [0.5, 0.6) is 0 Å². The fraction of sp³-hybridized carbons (Fsp3) is 0.650. The second-order valence-electron chi connectivity index (χ2n) is 7.61. The molecule has 2 heterocycles. The molecule has 0 radical (unpaired) electrons. The fourth-order valence-electron chi connectivity index (χ4n) is 4.35. The van der Waals surface area contributed by atoms with Crippen LogP contribution in [0, 0.1) is 0 Å². The Kier molecular flexibility index (Phi) is 8.71. The standard InChI is InChI=1S/C20H31N3O.2ClH/c1-5-23(14(2)3)18-10-6-15(7-11-18)20(24)22(4)19-12-16-8-9-17(13-19)21-16;;/h6-7,10-11,14,16-17,19,21H,5,8-9,12-13H2,1-4H3;2*1H. The molecule has 2 bridgehead atoms. The lowest BCUT2D eigenvalue weighted by atomic mass is 9.98. The third-order valence-corrected chi connectivity index (χ3v) is 5.73. The van der Waals surface area contributed by atoms with E-state index in [0.717, 1.165) is 24.9 Å². The van der Waals surface area contributed by atoms with Crippen molar-refractivity contribution in [2.24, 2.45) is 0 Å². The number of carbonyl (C=O) groups is 1. The van der Waals surface area contributed by atoms with E-state index in [0.29, 0.717) is 24.2 Å². The highest BCUT2D eigenvalue weighted by atomic mass is 35.5. The minimum absolute atomic E-state index is 0. The van der Waals surface area contributed by atoms with Crippen molar-refractivity contribution in [3.63, 3.8) is 0 Å². The molecule has 0 aliphatic carbocycles. The van der Waals surface area contributed by atoms with E-state index in [2.05, 4.69) is 43.1 Å². The minimum Gasteiger partial charge on any atom is -0.369 e. The topological polar surface area (TPSA) is 35.6 Å². The smallest absolute Gasteiger partial charge is 0.253 e. The van der Waals surface area contributed by atoms with Crippen molar-refractivity contribution in [3.8, 4) is 0 Å². The predicted molar refractivity (Wildman–Crippen MR) is 114 cm³/mol. The number of hydrogen-bond donors (Lipinski definition) is 1. The van der Waals surface area contributed by atoms with Gasteiger partial charge in [0.25, 0.3) is 5.91 Å². The second-order valence-corrected chi connectivity index (χ2v) is 7.61. The minimum atomic E-state index is 0. The highest BCUT2D eigenvalue weighted by Crippen LogP contribution is 2.30. The van der Waals surface area contributed by atoms with E-state index >= 15 is 0 Å². The van der Waals surface area contributed by atoms with E-state index in [9.17, 15) is 4.79 Å². The lowest BCUT2D eigenvalue weighted by molar-refractivity contribution is 0.0681. The van der Waals surface area contributed by atoms with E-state index in [-0.39, 0.29) is 30.7 Å². The normalized spacial score (nSPS) is 23.8. The van der Waals surface area contributed by atoms with Crippen LogP contribution < -0.4 is 10.2 Å². The van der Waals surface area contributed by atoms with Gasteiger partial charge in [0.05, 0.1) is 0 Å². The van der Waals surface area contributed by atoms with E-state index in [1.165, 1.54) is 18.5 Å². The number of halogens is 2. The molecule has 6 heteroatoms. The molecule has 2 atom stereocenters. The van der Waals surface area contributed by atoms with Gasteiger partial charge in [-0.25, -0.2) is 0 Å². The Morgan fingerprint density at radius 1 is 1.12 bits per heavy atom. The first-order valence-corrected chi connectivity index (χ1v) is 9.39. The summed E-state index contributed by atoms with van der Waals surface area (Å²) in [5, 5.41) is 3.65. The Hall–Kier alpha value is -0.970. The van der Waals surface area contributed by atoms with Crippen LogP contribution in [0.4, 0.5) is 5.69 Å². The first-order chi connectivity index (χ1) is 11.5. The molecule has 26 heavy (non-hydrogen) atoms. The SMILES string of the molecule is CCN(c1ccc(C(=O)N(C)C2CC3CCC(C2)N3)cc1)C(C)C.Cl.Cl. The molecule has 4 nitrogen and oxygen atoms in total. The van der Waals surface area contributed by atoms with Gasteiger partial charge in [0.15, 0.2) is 0 Å². The first kappa shape index (κ1) is 23.1. The summed E-state index contributed by atoms with van der Waals surface area (Å²) < 4.78 is 0. The number of piperidine rings is 1. The Balaban J connectivity index is 0.00000169. The Labute approximate surface area is 170 Å². The Morgan fingerprint density at radius 2 is 1.65 bits per heavy atom. The number of anilines is 1. The van der Waals surface area contributed by atoms with Gasteiger partial charge in [0.2, 0.25) is 0 Å². The van der Waals surface area contributed by atoms with Crippen LogP contribution in [-0.4, -0.2) is 48.6 Å². The Bertz CT molecular complexity index is 567. The van der Waals surface area contributed by atoms with Crippen LogP contribution in [0.15, 0.2) is 24.3 Å². The highest BCUT2D eigenvalue weighted by molar-refractivity contribution is 5.94. The van der Waals surface area contributed by atoms with Gasteiger partial charge in [-0.3, -0.25) is 4.79 Å². The summed E-state index contributed by atoms with van der Waals surface area (Å²) in [5.41, 5.74) is 1.98. The molecule has 1 aromatic carbocycles. The Morgan fingerprint density at radius 3 is 2.12 bits per heavy atom. The molecule has 2 saturated heterocycles. The van der Waals surface area contributed by atoms with E-state index in [1.807, 2.05) is 24.1 Å². The average Bonchev–Trinajstić information content (AvgIpc) is 2.92. The fourth-order valence-corrected chi connectivity index (χ4v) is 4.35. The van der Waals surface area contributed by atoms with E-state index in [4.69, 9.17) is 0 Å². The van der Waals surface area contributed by atoms with Crippen LogP contribution in [0.2, 0.25) is 0 Å². The van der Waals surface area contributed by atoms with Gasteiger partial charge in [-0.2, -0.15) is 0 Å². The molecule has 1 N–H and O–H groups in total. The average molecular weight is 402 g/mol. The summed E-state index contributed by atoms with van der Waals surface area (Å²) in [5.74, 6) is 0.153. The quantitative estimate of drug-likeness (QED) is 0.805. The van der Waals surface area contributed by atoms with Crippen LogP contribution in [-0.2, 0) is 0 Å². The highest BCUT2D eigenvalue weighted by Gasteiger charge is 2.36. The summed E-state index contributed by atoms with van der Waals surface area (Å²) in [6, 6.07) is 10.2. The maximum absolute atomic E-state index is 12.9. The first-order valence-electron chi connectivity index (χ1n) is 9.39. The van der Waals surface area contributed by atoms with Gasteiger partial charge < -0.3 is 15.1 Å². The lowest BCUT2D eigenvalue weighted by Crippen LogP contribution is -2.48. The van der Waals surface area contributed by atoms with Crippen molar-refractivity contribution in [3.05, 3.63) is 29.8 Å². The number of fused-ring (bicyclic) bond motifs is 2. The molecule has 0 aromatic heterocycles. The molecule has 2 aliphatic rings. The number of nitrogens with one attached hydrogen (secondary N) is 1. The van der Waals surface area contributed by atoms with Crippen molar-refractivity contribution in [2.75, 3.05) is 18.5 Å². The zero-order chi connectivity index (χ0) is 17.3. The van der Waals surface area contributed by atoms with Gasteiger partial charge in [-0.05, 0) is 70.7 Å². The van der Waals surface area contributed by atoms with Crippen LogP contribution >= 0.6 is 24.8 Å². The maximum atomic E-state index is 12.9. The molecular weight excluding hydrogens is 369 g/mol. The van der Waals surface area contributed by atoms with Crippen molar-refractivity contribution >= 4 is 36.4 Å². The number of carbonyl (C=O) groups excluding carboxylic acids is 1. The van der Waals surface area contributed by atoms with Crippen molar-refractivity contribution in [2.45, 2.75) is 70.6 Å². The van der Waals surface area contributed by atoms with Crippen molar-refractivity contribution in [1.29, 1.82) is 0 Å². The predicted octanol–water partition coefficient (Wildman–Crippen LogP) is 4.12. The summed E-state index contributed by atoms with van der Waals surface area (Å²) in [6.45, 7) is 7.53. The van der Waals surface area contributed by atoms with Crippen molar-refractivity contribution < 1.29 is 4.79 Å². The van der Waals surface area contributed by atoms with Crippen LogP contribution in [0.1, 0.15) is 56.8 Å². The molecule has 1 amide bonds. The lowest BCUT2D eigenvalue weighted by Gasteiger charge is -2.35. The molecule has 0 spiro atoms. The van der Waals surface area contributed by atoms with Gasteiger partial charge in [0, 0.05) is 49.0 Å². The molecule has 2 aliphatic heterocycles. The summed E-state index contributed by atoms with van der Waals surface area (Å²) in [6.07, 6.45) is 4.71. The summed E-state index contributed by atoms with van der Waals surface area (Å²) >= 11 is 0. The monoisotopic (exact) mass is 401 g/mol. The largest absolute Gasteiger partial charge is 0.369 e. The molecule has 3 rings (SSSR count). The number of nitrogens with zero attached hydrogens (tertiary/aromatic N) is 2. The third kappa shape index (κ3) is 4.85. The molecule has 0 saturated carbocycles. The molecule has 2 fully saturated rings. The molecule has 148 valence electrons. The van der Waals surface area contributed by atoms with Crippen molar-refractivity contribution in [1.82, 2.24) is 10.2 Å². The number of rotatable bonds is 5. The van der Waals surface area contributed by atoms with Crippen LogP contribution in [0.25, 0.3) is 0 Å². The third-order valence-electron chi connectivity index (χ3n) is 5.73. The molecule has 2 unspecified atom stereocenters. The van der Waals surface area contributed by atoms with Gasteiger partial charge >= 0.3 is 0 Å². The zero-order valence-corrected chi connectivity index (χ0v) is 17.9. The van der Waals surface area contributed by atoms with E-state index in [1.54, 1.807) is 0 Å². The summed E-state index contributed by atoms with van der Waals surface area (Å²) in [7, 11) is 1.97. The van der Waals surface area contributed by atoms with E-state index < -0.39 is 0 Å². The molecular formula is C20H33Cl2N3O. The second kappa shape index (κ2) is 9.82. The zero-order valence-electron chi connectivity index (χ0n) is 16.3. The van der Waals surface area contributed by atoms with Gasteiger partial charge in [0.1, 0.15) is 0 Å².